The molecule has 0 aromatic carbocycles. The fraction of sp³-hybridized carbons (Fsp3) is 0.769. The van der Waals surface area contributed by atoms with E-state index < -0.39 is 5.97 Å². The van der Waals surface area contributed by atoms with E-state index in [1.54, 1.807) is 11.8 Å². The van der Waals surface area contributed by atoms with E-state index in [0.29, 0.717) is 19.7 Å². The first kappa shape index (κ1) is 15.5. The molecule has 0 saturated carbocycles. The van der Waals surface area contributed by atoms with Crippen molar-refractivity contribution in [2.75, 3.05) is 26.8 Å². The highest BCUT2D eigenvalue weighted by Crippen LogP contribution is 2.19. The van der Waals surface area contributed by atoms with Crippen LogP contribution in [0, 0.1) is 5.92 Å². The van der Waals surface area contributed by atoms with E-state index in [-0.39, 0.29) is 30.6 Å². The highest BCUT2D eigenvalue weighted by Gasteiger charge is 2.29. The van der Waals surface area contributed by atoms with Gasteiger partial charge in [-0.15, -0.1) is 0 Å². The van der Waals surface area contributed by atoms with Gasteiger partial charge in [0.1, 0.15) is 0 Å². The van der Waals surface area contributed by atoms with Gasteiger partial charge in [-0.25, -0.2) is 0 Å². The Morgan fingerprint density at radius 1 is 1.26 bits per heavy atom. The van der Waals surface area contributed by atoms with Gasteiger partial charge in [0.05, 0.1) is 26.1 Å². The molecule has 0 bridgehead atoms. The van der Waals surface area contributed by atoms with Crippen LogP contribution in [-0.4, -0.2) is 49.6 Å². The van der Waals surface area contributed by atoms with Gasteiger partial charge in [-0.3, -0.25) is 14.4 Å². The van der Waals surface area contributed by atoms with Crippen molar-refractivity contribution in [2.24, 2.45) is 5.92 Å². The molecule has 0 N–H and O–H groups in total. The zero-order valence-corrected chi connectivity index (χ0v) is 11.5. The van der Waals surface area contributed by atoms with Crippen LogP contribution in [0.15, 0.2) is 0 Å². The first-order valence-electron chi connectivity index (χ1n) is 6.59. The second-order valence-electron chi connectivity index (χ2n) is 4.51. The molecule has 1 aliphatic heterocycles. The summed E-state index contributed by atoms with van der Waals surface area (Å²) in [6.07, 6.45) is 1.74. The van der Waals surface area contributed by atoms with Crippen LogP contribution in [0.2, 0.25) is 0 Å². The summed E-state index contributed by atoms with van der Waals surface area (Å²) in [5.41, 5.74) is 0. The lowest BCUT2D eigenvalue weighted by atomic mass is 9.98. The molecule has 6 nitrogen and oxygen atoms in total. The van der Waals surface area contributed by atoms with Gasteiger partial charge in [0.2, 0.25) is 5.91 Å². The maximum Gasteiger partial charge on any atom is 0.310 e. The number of carbonyl (C=O) groups excluding carboxylic acids is 3. The average Bonchev–Trinajstić information content (AvgIpc) is 2.44. The van der Waals surface area contributed by atoms with Crippen molar-refractivity contribution in [3.8, 4) is 0 Å². The van der Waals surface area contributed by atoms with Gasteiger partial charge in [0, 0.05) is 19.5 Å². The minimum atomic E-state index is -0.396. The number of nitrogens with zero attached hydrogens (tertiary/aromatic N) is 1. The number of piperidine rings is 1. The number of esters is 2. The molecule has 1 amide bonds. The molecule has 1 saturated heterocycles. The standard InChI is InChI=1S/C13H21NO5/c1-3-19-13(17)10-5-4-8-14(9-10)11(15)6-7-12(16)18-2/h10H,3-9H2,1-2H3. The summed E-state index contributed by atoms with van der Waals surface area (Å²) in [4.78, 5) is 36.2. The molecular formula is C13H21NO5. The van der Waals surface area contributed by atoms with Gasteiger partial charge < -0.3 is 14.4 Å². The Bertz CT molecular complexity index is 342. The van der Waals surface area contributed by atoms with Crippen LogP contribution >= 0.6 is 0 Å². The summed E-state index contributed by atoms with van der Waals surface area (Å²) < 4.78 is 9.47. The molecule has 1 rings (SSSR count). The smallest absolute Gasteiger partial charge is 0.310 e. The number of likely N-dealkylation sites (tertiary alicyclic amines) is 1. The largest absolute Gasteiger partial charge is 0.469 e. The van der Waals surface area contributed by atoms with Gasteiger partial charge in [-0.05, 0) is 19.8 Å². The Balaban J connectivity index is 2.43. The molecule has 108 valence electrons. The number of carbonyl (C=O) groups is 3. The van der Waals surface area contributed by atoms with Crippen LogP contribution in [-0.2, 0) is 23.9 Å². The van der Waals surface area contributed by atoms with Crippen molar-refractivity contribution in [1.82, 2.24) is 4.90 Å². The molecule has 0 aromatic heterocycles. The summed E-state index contributed by atoms with van der Waals surface area (Å²) in [5, 5.41) is 0. The van der Waals surface area contributed by atoms with E-state index in [9.17, 15) is 14.4 Å². The lowest BCUT2D eigenvalue weighted by Crippen LogP contribution is -2.42. The molecule has 0 aliphatic carbocycles. The van der Waals surface area contributed by atoms with E-state index in [1.165, 1.54) is 7.11 Å². The van der Waals surface area contributed by atoms with Crippen LogP contribution in [0.4, 0.5) is 0 Å². The van der Waals surface area contributed by atoms with Gasteiger partial charge >= 0.3 is 11.9 Å². The van der Waals surface area contributed by atoms with Crippen LogP contribution in [0.1, 0.15) is 32.6 Å². The topological polar surface area (TPSA) is 72.9 Å². The van der Waals surface area contributed by atoms with Crippen molar-refractivity contribution < 1.29 is 23.9 Å². The first-order valence-corrected chi connectivity index (χ1v) is 6.59. The van der Waals surface area contributed by atoms with Crippen molar-refractivity contribution in [1.29, 1.82) is 0 Å². The molecule has 0 radical (unpaired) electrons. The third-order valence-electron chi connectivity index (χ3n) is 3.16. The molecule has 19 heavy (non-hydrogen) atoms. The lowest BCUT2D eigenvalue weighted by Gasteiger charge is -2.31. The zero-order chi connectivity index (χ0) is 14.3. The Kier molecular flexibility index (Phi) is 6.32. The second kappa shape index (κ2) is 7.76. The van der Waals surface area contributed by atoms with Crippen molar-refractivity contribution >= 4 is 17.8 Å². The number of methoxy groups -OCH3 is 1. The summed E-state index contributed by atoms with van der Waals surface area (Å²) >= 11 is 0. The van der Waals surface area contributed by atoms with E-state index in [4.69, 9.17) is 4.74 Å². The monoisotopic (exact) mass is 271 g/mol. The molecule has 1 unspecified atom stereocenters. The van der Waals surface area contributed by atoms with Gasteiger partial charge in [-0.1, -0.05) is 0 Å². The predicted molar refractivity (Wildman–Crippen MR) is 67.2 cm³/mol. The maximum absolute atomic E-state index is 11.9. The molecule has 1 fully saturated rings. The average molecular weight is 271 g/mol. The lowest BCUT2D eigenvalue weighted by molar-refractivity contribution is -0.152. The van der Waals surface area contributed by atoms with Gasteiger partial charge in [0.15, 0.2) is 0 Å². The predicted octanol–water partition coefficient (Wildman–Crippen LogP) is 0.741. The Morgan fingerprint density at radius 3 is 2.63 bits per heavy atom. The summed E-state index contributed by atoms with van der Waals surface area (Å²) in [6.45, 7) is 3.14. The number of ether oxygens (including phenoxy) is 2. The summed E-state index contributed by atoms with van der Waals surface area (Å²) in [6, 6.07) is 0. The van der Waals surface area contributed by atoms with Crippen LogP contribution in [0.3, 0.4) is 0 Å². The summed E-state index contributed by atoms with van der Waals surface area (Å²) in [5.74, 6) is -0.990. The van der Waals surface area contributed by atoms with Crippen LogP contribution < -0.4 is 0 Å². The van der Waals surface area contributed by atoms with Gasteiger partial charge in [0.25, 0.3) is 0 Å². The van der Waals surface area contributed by atoms with Crippen molar-refractivity contribution in [3.05, 3.63) is 0 Å². The number of hydrogen-bond acceptors (Lipinski definition) is 5. The molecule has 1 aliphatic rings. The maximum atomic E-state index is 11.9. The third-order valence-corrected chi connectivity index (χ3v) is 3.16. The number of hydrogen-bond donors (Lipinski definition) is 0. The van der Waals surface area contributed by atoms with E-state index in [0.717, 1.165) is 12.8 Å². The number of rotatable bonds is 5. The molecule has 6 heteroatoms. The normalized spacial score (nSPS) is 18.8. The zero-order valence-electron chi connectivity index (χ0n) is 11.5. The molecule has 0 aromatic rings. The highest BCUT2D eigenvalue weighted by molar-refractivity contribution is 5.82. The third kappa shape index (κ3) is 4.89. The Hall–Kier alpha value is -1.59. The molecular weight excluding hydrogens is 250 g/mol. The molecule has 1 heterocycles. The van der Waals surface area contributed by atoms with Crippen molar-refractivity contribution in [3.63, 3.8) is 0 Å². The minimum absolute atomic E-state index is 0.0793. The quantitative estimate of drug-likeness (QED) is 0.690. The van der Waals surface area contributed by atoms with E-state index >= 15 is 0 Å². The summed E-state index contributed by atoms with van der Waals surface area (Å²) in [7, 11) is 1.30. The van der Waals surface area contributed by atoms with Crippen LogP contribution in [0.5, 0.6) is 0 Å². The van der Waals surface area contributed by atoms with Crippen molar-refractivity contribution in [2.45, 2.75) is 32.6 Å². The number of amides is 1. The minimum Gasteiger partial charge on any atom is -0.469 e. The molecule has 0 spiro atoms. The highest BCUT2D eigenvalue weighted by atomic mass is 16.5. The Morgan fingerprint density at radius 2 is 2.00 bits per heavy atom. The fourth-order valence-electron chi connectivity index (χ4n) is 2.13. The fourth-order valence-corrected chi connectivity index (χ4v) is 2.13. The first-order chi connectivity index (χ1) is 9.08. The SMILES string of the molecule is CCOC(=O)C1CCCN(C(=O)CCC(=O)OC)C1. The van der Waals surface area contributed by atoms with Crippen LogP contribution in [0.25, 0.3) is 0 Å². The van der Waals surface area contributed by atoms with E-state index in [2.05, 4.69) is 4.74 Å². The second-order valence-corrected chi connectivity index (χ2v) is 4.51. The Labute approximate surface area is 113 Å². The van der Waals surface area contributed by atoms with E-state index in [1.807, 2.05) is 0 Å². The molecule has 1 atom stereocenters. The van der Waals surface area contributed by atoms with Gasteiger partial charge in [-0.2, -0.15) is 0 Å².